The Balaban J connectivity index is 1.80. The highest BCUT2D eigenvalue weighted by Crippen LogP contribution is 2.50. The van der Waals surface area contributed by atoms with Gasteiger partial charge in [0, 0.05) is 32.6 Å². The van der Waals surface area contributed by atoms with Crippen molar-refractivity contribution in [3.8, 4) is 0 Å². The van der Waals surface area contributed by atoms with Crippen LogP contribution in [-0.4, -0.2) is 11.6 Å². The average molecular weight is 510 g/mol. The first-order valence-corrected chi connectivity index (χ1v) is 14.2. The van der Waals surface area contributed by atoms with E-state index in [1.54, 1.807) is 24.3 Å². The fourth-order valence-electron chi connectivity index (χ4n) is 5.02. The van der Waals surface area contributed by atoms with Crippen LogP contribution in [0.25, 0.3) is 5.70 Å². The molecule has 0 spiro atoms. The number of hydrogen-bond acceptors (Lipinski definition) is 3. The smallest absolute Gasteiger partial charge is 0.199 e. The Morgan fingerprint density at radius 1 is 0.447 bits per heavy atom. The Morgan fingerprint density at radius 2 is 0.789 bits per heavy atom. The third-order valence-electron chi connectivity index (χ3n) is 6.79. The molecule has 6 rings (SSSR count). The third kappa shape index (κ3) is 3.98. The fraction of sp³-hybridized carbons (Fsp3) is 0. The Morgan fingerprint density at radius 3 is 1.18 bits per heavy atom. The molecule has 0 bridgehead atoms. The van der Waals surface area contributed by atoms with E-state index >= 15 is 0 Å². The predicted octanol–water partition coefficient (Wildman–Crippen LogP) is 6.65. The van der Waals surface area contributed by atoms with Crippen molar-refractivity contribution in [2.75, 3.05) is 0 Å². The summed E-state index contributed by atoms with van der Waals surface area (Å²) in [6.45, 7) is 0. The summed E-state index contributed by atoms with van der Waals surface area (Å²) in [6, 6.07) is 47.3. The second kappa shape index (κ2) is 10.0. The molecule has 0 atom stereocenters. The minimum absolute atomic E-state index is 0.129. The standard InChI is InChI=1S/C34H24NO2P/c36-33-29-23-13-14-24-30(29)34(37)31(33)32(25-15-5-1-6-16-25)35-38(26-17-7-2-8-18-26,27-19-9-3-10-20-27)28-21-11-4-12-22-28/h1-24H. The van der Waals surface area contributed by atoms with E-state index in [0.29, 0.717) is 16.8 Å². The molecule has 38 heavy (non-hydrogen) atoms. The van der Waals surface area contributed by atoms with Crippen LogP contribution in [-0.2, 0) is 0 Å². The molecule has 3 nitrogen and oxygen atoms in total. The molecule has 0 heterocycles. The average Bonchev–Trinajstić information content (AvgIpc) is 3.25. The van der Waals surface area contributed by atoms with E-state index in [1.165, 1.54) is 0 Å². The summed E-state index contributed by atoms with van der Waals surface area (Å²) in [4.78, 5) is 27.6. The van der Waals surface area contributed by atoms with Crippen LogP contribution >= 0.6 is 7.05 Å². The van der Waals surface area contributed by atoms with E-state index < -0.39 is 7.05 Å². The maximum Gasteiger partial charge on any atom is 0.199 e. The minimum Gasteiger partial charge on any atom is -0.288 e. The van der Waals surface area contributed by atoms with E-state index in [4.69, 9.17) is 4.74 Å². The number of nitrogens with zero attached hydrogens (tertiary/aromatic N) is 1. The van der Waals surface area contributed by atoms with Crippen molar-refractivity contribution < 1.29 is 9.59 Å². The zero-order valence-electron chi connectivity index (χ0n) is 20.6. The normalized spacial score (nSPS) is 12.8. The Kier molecular flexibility index (Phi) is 6.29. The molecular formula is C34H24NO2P. The molecule has 5 aromatic rings. The first-order chi connectivity index (χ1) is 18.7. The van der Waals surface area contributed by atoms with Crippen molar-refractivity contribution in [1.82, 2.24) is 0 Å². The molecule has 1 aliphatic carbocycles. The number of rotatable bonds is 5. The molecule has 0 saturated carbocycles. The molecule has 4 heteroatoms. The Bertz CT molecular complexity index is 1580. The highest BCUT2D eigenvalue weighted by Gasteiger charge is 2.37. The lowest BCUT2D eigenvalue weighted by molar-refractivity contribution is 0.0989. The van der Waals surface area contributed by atoms with E-state index in [2.05, 4.69) is 36.4 Å². The van der Waals surface area contributed by atoms with Gasteiger partial charge in [-0.05, 0) is 0 Å². The summed E-state index contributed by atoms with van der Waals surface area (Å²) >= 11 is 0. The van der Waals surface area contributed by atoms with Gasteiger partial charge < -0.3 is 0 Å². The quantitative estimate of drug-likeness (QED) is 0.151. The summed E-state index contributed by atoms with van der Waals surface area (Å²) in [5, 5.41) is 3.13. The van der Waals surface area contributed by atoms with Gasteiger partial charge in [-0.2, -0.15) is 0 Å². The number of carbonyl (C=O) groups is 2. The van der Waals surface area contributed by atoms with E-state index in [9.17, 15) is 9.59 Å². The maximum absolute atomic E-state index is 13.8. The number of fused-ring (bicyclic) bond motifs is 1. The van der Waals surface area contributed by atoms with Crippen LogP contribution in [0.1, 0.15) is 26.3 Å². The molecule has 182 valence electrons. The molecule has 5 aromatic carbocycles. The van der Waals surface area contributed by atoms with Crippen LogP contribution < -0.4 is 15.9 Å². The molecule has 0 amide bonds. The van der Waals surface area contributed by atoms with Crippen LogP contribution in [0.4, 0.5) is 0 Å². The summed E-state index contributed by atoms with van der Waals surface area (Å²) < 4.78 is 5.60. The van der Waals surface area contributed by atoms with Gasteiger partial charge in [-0.1, -0.05) is 146 Å². The number of hydrogen-bond donors (Lipinski definition) is 0. The van der Waals surface area contributed by atoms with Gasteiger partial charge in [-0.15, -0.1) is 0 Å². The summed E-state index contributed by atoms with van der Waals surface area (Å²) in [7, 11) is -2.71. The Labute approximate surface area is 222 Å². The zero-order valence-corrected chi connectivity index (χ0v) is 21.5. The van der Waals surface area contributed by atoms with E-state index in [-0.39, 0.29) is 17.1 Å². The van der Waals surface area contributed by atoms with Crippen molar-refractivity contribution >= 4 is 40.2 Å². The lowest BCUT2D eigenvalue weighted by atomic mass is 10.0. The summed E-state index contributed by atoms with van der Waals surface area (Å²) in [5.74, 6) is -0.555. The first kappa shape index (κ1) is 23.8. The SMILES string of the molecule is O=C1C(=C(N=P(c2ccccc2)(c2ccccc2)c2ccccc2)c2ccccc2)C(=O)c2ccccc21. The van der Waals surface area contributed by atoms with Crippen LogP contribution in [0.3, 0.4) is 0 Å². The summed E-state index contributed by atoms with van der Waals surface area (Å²) in [5.41, 5.74) is 2.16. The second-order valence-electron chi connectivity index (χ2n) is 9.04. The zero-order chi connectivity index (χ0) is 26.0. The van der Waals surface area contributed by atoms with Crippen LogP contribution in [0.5, 0.6) is 0 Å². The number of allylic oxidation sites excluding steroid dienone is 1. The first-order valence-electron chi connectivity index (χ1n) is 12.5. The van der Waals surface area contributed by atoms with Crippen LogP contribution in [0.2, 0.25) is 0 Å². The number of benzene rings is 5. The van der Waals surface area contributed by atoms with Gasteiger partial charge >= 0.3 is 0 Å². The Hall–Kier alpha value is -4.59. The van der Waals surface area contributed by atoms with Gasteiger partial charge in [0.25, 0.3) is 0 Å². The van der Waals surface area contributed by atoms with Crippen molar-refractivity contribution in [2.24, 2.45) is 4.74 Å². The van der Waals surface area contributed by atoms with Gasteiger partial charge in [0.1, 0.15) is 0 Å². The largest absolute Gasteiger partial charge is 0.288 e. The fourth-order valence-corrected chi connectivity index (χ4v) is 8.58. The highest BCUT2D eigenvalue weighted by atomic mass is 31.2. The lowest BCUT2D eigenvalue weighted by Crippen LogP contribution is -2.25. The van der Waals surface area contributed by atoms with Crippen molar-refractivity contribution in [1.29, 1.82) is 0 Å². The van der Waals surface area contributed by atoms with E-state index in [1.807, 2.05) is 84.9 Å². The van der Waals surface area contributed by atoms with Crippen LogP contribution in [0.15, 0.2) is 156 Å². The second-order valence-corrected chi connectivity index (χ2v) is 12.1. The number of ketones is 2. The predicted molar refractivity (Wildman–Crippen MR) is 156 cm³/mol. The number of carbonyl (C=O) groups excluding carboxylic acids is 2. The molecular weight excluding hydrogens is 485 g/mol. The molecule has 0 unspecified atom stereocenters. The summed E-state index contributed by atoms with van der Waals surface area (Å²) in [6.07, 6.45) is 0. The van der Waals surface area contributed by atoms with Gasteiger partial charge in [-0.25, -0.2) is 0 Å². The van der Waals surface area contributed by atoms with Gasteiger partial charge in [-0.3, -0.25) is 14.3 Å². The number of Topliss-reactive ketones (excluding diaryl/α,β-unsaturated/α-hetero) is 2. The lowest BCUT2D eigenvalue weighted by Gasteiger charge is -2.28. The van der Waals surface area contributed by atoms with E-state index in [0.717, 1.165) is 21.5 Å². The van der Waals surface area contributed by atoms with Crippen molar-refractivity contribution in [3.05, 3.63) is 168 Å². The van der Waals surface area contributed by atoms with Gasteiger partial charge in [0.15, 0.2) is 11.6 Å². The molecule has 0 saturated heterocycles. The van der Waals surface area contributed by atoms with Crippen molar-refractivity contribution in [2.45, 2.75) is 0 Å². The molecule has 0 fully saturated rings. The van der Waals surface area contributed by atoms with Crippen molar-refractivity contribution in [3.63, 3.8) is 0 Å². The highest BCUT2D eigenvalue weighted by molar-refractivity contribution is 7.87. The topological polar surface area (TPSA) is 46.5 Å². The van der Waals surface area contributed by atoms with Gasteiger partial charge in [0.05, 0.1) is 18.3 Å². The van der Waals surface area contributed by atoms with Gasteiger partial charge in [0.2, 0.25) is 0 Å². The molecule has 0 radical (unpaired) electrons. The molecule has 0 aliphatic heterocycles. The molecule has 0 N–H and O–H groups in total. The molecule has 1 aliphatic rings. The minimum atomic E-state index is -2.71. The maximum atomic E-state index is 13.8. The van der Waals surface area contributed by atoms with Crippen LogP contribution in [0, 0.1) is 0 Å². The molecule has 0 aromatic heterocycles. The monoisotopic (exact) mass is 509 g/mol. The third-order valence-corrected chi connectivity index (χ3v) is 10.4.